The van der Waals surface area contributed by atoms with Gasteiger partial charge in [-0.2, -0.15) is 13.2 Å². The van der Waals surface area contributed by atoms with Crippen molar-refractivity contribution < 1.29 is 17.6 Å². The minimum absolute atomic E-state index is 0.0398. The molecule has 2 rings (SSSR count). The number of aromatic nitrogens is 2. The van der Waals surface area contributed by atoms with Gasteiger partial charge >= 0.3 is 6.18 Å². The molecular formula is C9H4BrF3N2O. The average Bonchev–Trinajstić information content (AvgIpc) is 2.64. The van der Waals surface area contributed by atoms with Gasteiger partial charge in [0.05, 0.1) is 5.56 Å². The molecule has 0 aliphatic heterocycles. The van der Waals surface area contributed by atoms with Gasteiger partial charge in [-0.25, -0.2) is 0 Å². The molecule has 0 unspecified atom stereocenters. The number of halogens is 4. The minimum Gasteiger partial charge on any atom is -0.411 e. The Kier molecular flexibility index (Phi) is 2.71. The summed E-state index contributed by atoms with van der Waals surface area (Å²) in [7, 11) is 0. The zero-order valence-corrected chi connectivity index (χ0v) is 9.21. The number of hydrogen-bond acceptors (Lipinski definition) is 3. The van der Waals surface area contributed by atoms with Crippen LogP contribution in [0.5, 0.6) is 0 Å². The first kappa shape index (κ1) is 11.1. The molecule has 1 heterocycles. The fourth-order valence-electron chi connectivity index (χ4n) is 1.15. The van der Waals surface area contributed by atoms with Gasteiger partial charge in [0.1, 0.15) is 0 Å². The number of nitrogens with zero attached hydrogens (tertiary/aromatic N) is 2. The predicted octanol–water partition coefficient (Wildman–Crippen LogP) is 3.52. The zero-order valence-electron chi connectivity index (χ0n) is 7.62. The van der Waals surface area contributed by atoms with Gasteiger partial charge in [0.15, 0.2) is 0 Å². The predicted molar refractivity (Wildman–Crippen MR) is 52.4 cm³/mol. The molecule has 0 spiro atoms. The van der Waals surface area contributed by atoms with E-state index in [9.17, 15) is 13.2 Å². The summed E-state index contributed by atoms with van der Waals surface area (Å²) < 4.78 is 42.2. The smallest absolute Gasteiger partial charge is 0.411 e. The molecule has 0 atom stereocenters. The quantitative estimate of drug-likeness (QED) is 0.807. The lowest BCUT2D eigenvalue weighted by molar-refractivity contribution is -0.137. The van der Waals surface area contributed by atoms with Crippen molar-refractivity contribution >= 4 is 15.9 Å². The van der Waals surface area contributed by atoms with E-state index in [1.165, 1.54) is 12.1 Å². The highest BCUT2D eigenvalue weighted by molar-refractivity contribution is 9.10. The number of hydrogen-bond donors (Lipinski definition) is 0. The van der Waals surface area contributed by atoms with E-state index in [4.69, 9.17) is 4.42 Å². The monoisotopic (exact) mass is 292 g/mol. The Balaban J connectivity index is 2.44. The van der Waals surface area contributed by atoms with Gasteiger partial charge in [0, 0.05) is 21.5 Å². The summed E-state index contributed by atoms with van der Waals surface area (Å²) in [6, 6.07) is 4.69. The van der Waals surface area contributed by atoms with Crippen LogP contribution < -0.4 is 0 Å². The van der Waals surface area contributed by atoms with Crippen LogP contribution in [0.4, 0.5) is 13.2 Å². The largest absolute Gasteiger partial charge is 0.416 e. The maximum atomic E-state index is 12.4. The average molecular weight is 293 g/mol. The highest BCUT2D eigenvalue weighted by Crippen LogP contribution is 2.31. The van der Waals surface area contributed by atoms with Gasteiger partial charge in [0.25, 0.3) is 4.80 Å². The molecule has 0 amide bonds. The Hall–Kier alpha value is -1.37. The second kappa shape index (κ2) is 3.89. The molecule has 2 aromatic rings. The summed E-state index contributed by atoms with van der Waals surface area (Å²) in [5.41, 5.74) is -0.521. The third-order valence-corrected chi connectivity index (χ3v) is 2.16. The van der Waals surface area contributed by atoms with E-state index >= 15 is 0 Å². The van der Waals surface area contributed by atoms with Crippen molar-refractivity contribution in [2.24, 2.45) is 0 Å². The maximum Gasteiger partial charge on any atom is 0.416 e. The van der Waals surface area contributed by atoms with Crippen LogP contribution in [0.3, 0.4) is 0 Å². The first-order valence-corrected chi connectivity index (χ1v) is 4.93. The lowest BCUT2D eigenvalue weighted by Crippen LogP contribution is -2.04. The summed E-state index contributed by atoms with van der Waals surface area (Å²) >= 11 is 2.92. The molecule has 0 N–H and O–H groups in total. The summed E-state index contributed by atoms with van der Waals surface area (Å²) in [4.78, 5) is 0.125. The number of rotatable bonds is 1. The van der Waals surface area contributed by atoms with Gasteiger partial charge < -0.3 is 4.42 Å². The van der Waals surface area contributed by atoms with Crippen molar-refractivity contribution in [1.29, 1.82) is 0 Å². The lowest BCUT2D eigenvalue weighted by atomic mass is 10.1. The summed E-state index contributed by atoms with van der Waals surface area (Å²) in [6.07, 6.45) is -4.38. The van der Waals surface area contributed by atoms with Crippen molar-refractivity contribution in [3.8, 4) is 11.5 Å². The van der Waals surface area contributed by atoms with Crippen molar-refractivity contribution in [1.82, 2.24) is 10.2 Å². The molecule has 0 aliphatic rings. The van der Waals surface area contributed by atoms with E-state index in [0.717, 1.165) is 12.1 Å². The molecule has 0 saturated heterocycles. The highest BCUT2D eigenvalue weighted by Gasteiger charge is 2.30. The van der Waals surface area contributed by atoms with Crippen LogP contribution in [0.2, 0.25) is 0 Å². The van der Waals surface area contributed by atoms with Gasteiger partial charge in [-0.15, -0.1) is 10.2 Å². The fourth-order valence-corrected chi connectivity index (χ4v) is 1.38. The van der Waals surface area contributed by atoms with Crippen LogP contribution >= 0.6 is 15.9 Å². The third kappa shape index (κ3) is 2.24. The van der Waals surface area contributed by atoms with Crippen LogP contribution in [-0.2, 0) is 6.18 Å². The zero-order chi connectivity index (χ0) is 11.8. The minimum atomic E-state index is -4.38. The fraction of sp³-hybridized carbons (Fsp3) is 0.111. The molecule has 0 fully saturated rings. The molecule has 16 heavy (non-hydrogen) atoms. The van der Waals surface area contributed by atoms with E-state index in [-0.39, 0.29) is 16.3 Å². The Bertz CT molecular complexity index is 509. The van der Waals surface area contributed by atoms with Crippen molar-refractivity contribution in [2.75, 3.05) is 0 Å². The molecule has 1 aromatic heterocycles. The van der Waals surface area contributed by atoms with Crippen LogP contribution in [0, 0.1) is 0 Å². The van der Waals surface area contributed by atoms with Crippen LogP contribution in [-0.4, -0.2) is 10.2 Å². The van der Waals surface area contributed by atoms with E-state index in [0.29, 0.717) is 0 Å². The van der Waals surface area contributed by atoms with E-state index < -0.39 is 11.7 Å². The molecule has 0 radical (unpaired) electrons. The van der Waals surface area contributed by atoms with E-state index in [2.05, 4.69) is 26.1 Å². The molecule has 0 saturated carbocycles. The SMILES string of the molecule is FC(F)(F)c1cccc(-c2nnc(Br)o2)c1. The molecule has 1 aromatic carbocycles. The van der Waals surface area contributed by atoms with Gasteiger partial charge in [-0.1, -0.05) is 6.07 Å². The summed E-state index contributed by atoms with van der Waals surface area (Å²) in [5, 5.41) is 7.08. The highest BCUT2D eigenvalue weighted by atomic mass is 79.9. The van der Waals surface area contributed by atoms with Crippen molar-refractivity contribution in [3.05, 3.63) is 34.6 Å². The number of alkyl halides is 3. The Morgan fingerprint density at radius 2 is 1.94 bits per heavy atom. The first-order valence-electron chi connectivity index (χ1n) is 4.13. The Morgan fingerprint density at radius 1 is 1.19 bits per heavy atom. The topological polar surface area (TPSA) is 38.9 Å². The van der Waals surface area contributed by atoms with Gasteiger partial charge in [0.2, 0.25) is 5.89 Å². The second-order valence-corrected chi connectivity index (χ2v) is 3.62. The summed E-state index contributed by atoms with van der Waals surface area (Å²) in [5.74, 6) is 0.0398. The van der Waals surface area contributed by atoms with Crippen molar-refractivity contribution in [3.63, 3.8) is 0 Å². The molecule has 84 valence electrons. The third-order valence-electron chi connectivity index (χ3n) is 1.84. The van der Waals surface area contributed by atoms with Gasteiger partial charge in [-0.05, 0) is 18.2 Å². The molecule has 7 heteroatoms. The Labute approximate surface area is 96.4 Å². The van der Waals surface area contributed by atoms with Crippen LogP contribution in [0.15, 0.2) is 33.5 Å². The van der Waals surface area contributed by atoms with Crippen molar-refractivity contribution in [2.45, 2.75) is 6.18 Å². The standard InChI is InChI=1S/C9H4BrF3N2O/c10-8-15-14-7(16-8)5-2-1-3-6(4-5)9(11,12)13/h1-4H. The van der Waals surface area contributed by atoms with E-state index in [1.54, 1.807) is 0 Å². The molecule has 0 aliphatic carbocycles. The van der Waals surface area contributed by atoms with Gasteiger partial charge in [-0.3, -0.25) is 0 Å². The molecule has 3 nitrogen and oxygen atoms in total. The first-order chi connectivity index (χ1) is 7.47. The van der Waals surface area contributed by atoms with Crippen LogP contribution in [0.25, 0.3) is 11.5 Å². The Morgan fingerprint density at radius 3 is 2.50 bits per heavy atom. The lowest BCUT2D eigenvalue weighted by Gasteiger charge is -2.06. The second-order valence-electron chi connectivity index (χ2n) is 2.94. The van der Waals surface area contributed by atoms with Crippen LogP contribution in [0.1, 0.15) is 5.56 Å². The molecular weight excluding hydrogens is 289 g/mol. The molecule has 0 bridgehead atoms. The van der Waals surface area contributed by atoms with E-state index in [1.807, 2.05) is 0 Å². The normalized spacial score (nSPS) is 11.8. The maximum absolute atomic E-state index is 12.4. The number of benzene rings is 1. The summed E-state index contributed by atoms with van der Waals surface area (Å²) in [6.45, 7) is 0.